The highest BCUT2D eigenvalue weighted by molar-refractivity contribution is 6.04. The molecule has 0 saturated carbocycles. The Bertz CT molecular complexity index is 1220. The van der Waals surface area contributed by atoms with Gasteiger partial charge < -0.3 is 15.4 Å². The summed E-state index contributed by atoms with van der Waals surface area (Å²) in [5.41, 5.74) is 0.00195. The Morgan fingerprint density at radius 2 is 1.82 bits per heavy atom. The molecule has 1 fully saturated rings. The van der Waals surface area contributed by atoms with Crippen molar-refractivity contribution in [1.82, 2.24) is 15.5 Å². The van der Waals surface area contributed by atoms with Crippen LogP contribution in [0.3, 0.4) is 0 Å². The molecule has 3 amide bonds. The number of hydrogen-bond acceptors (Lipinski definition) is 4. The summed E-state index contributed by atoms with van der Waals surface area (Å²) in [6.07, 6.45) is -0.699. The summed E-state index contributed by atoms with van der Waals surface area (Å²) in [5, 5.41) is 6.10. The van der Waals surface area contributed by atoms with Crippen LogP contribution in [0.25, 0.3) is 0 Å². The molecule has 2 aromatic carbocycles. The normalized spacial score (nSPS) is 19.8. The van der Waals surface area contributed by atoms with Crippen molar-refractivity contribution in [3.8, 4) is 0 Å². The number of rotatable bonds is 6. The lowest BCUT2D eigenvalue weighted by molar-refractivity contribution is -0.131. The van der Waals surface area contributed by atoms with Crippen LogP contribution in [0.5, 0.6) is 0 Å². The highest BCUT2D eigenvalue weighted by atomic mass is 19.1. The number of guanidine groups is 1. The van der Waals surface area contributed by atoms with Crippen molar-refractivity contribution in [2.75, 3.05) is 0 Å². The molecule has 0 bridgehead atoms. The van der Waals surface area contributed by atoms with Gasteiger partial charge in [0.1, 0.15) is 11.4 Å². The number of nitrogens with one attached hydrogen (secondary N) is 2. The first-order valence-corrected chi connectivity index (χ1v) is 12.7. The summed E-state index contributed by atoms with van der Waals surface area (Å²) < 4.78 is 19.9. The quantitative estimate of drug-likeness (QED) is 0.531. The molecule has 8 nitrogen and oxygen atoms in total. The summed E-state index contributed by atoms with van der Waals surface area (Å²) in [6, 6.07) is 13.1. The fourth-order valence-corrected chi connectivity index (χ4v) is 4.03. The fourth-order valence-electron chi connectivity index (χ4n) is 4.03. The molecule has 2 aromatic rings. The zero-order chi connectivity index (χ0) is 28.3. The van der Waals surface area contributed by atoms with Crippen molar-refractivity contribution in [3.63, 3.8) is 0 Å². The number of ether oxygens (including phenoxy) is 1. The third-order valence-corrected chi connectivity index (χ3v) is 6.55. The van der Waals surface area contributed by atoms with E-state index in [1.807, 2.05) is 58.0 Å². The van der Waals surface area contributed by atoms with Crippen LogP contribution in [0.15, 0.2) is 53.5 Å². The van der Waals surface area contributed by atoms with E-state index in [2.05, 4.69) is 15.6 Å². The Kier molecular flexibility index (Phi) is 8.59. The minimum atomic E-state index is -0.847. The van der Waals surface area contributed by atoms with E-state index in [9.17, 15) is 18.8 Å². The van der Waals surface area contributed by atoms with Crippen molar-refractivity contribution < 1.29 is 23.5 Å². The summed E-state index contributed by atoms with van der Waals surface area (Å²) in [6.45, 7) is 12.7. The van der Waals surface area contributed by atoms with E-state index in [4.69, 9.17) is 4.74 Å². The monoisotopic (exact) mass is 524 g/mol. The summed E-state index contributed by atoms with van der Waals surface area (Å²) in [5.74, 6) is -1.27. The molecule has 3 rings (SSSR count). The minimum absolute atomic E-state index is 0.0275. The van der Waals surface area contributed by atoms with Crippen LogP contribution < -0.4 is 10.6 Å². The second kappa shape index (κ2) is 11.3. The van der Waals surface area contributed by atoms with Crippen LogP contribution in [-0.2, 0) is 16.1 Å². The van der Waals surface area contributed by atoms with Crippen molar-refractivity contribution in [3.05, 3.63) is 71.0 Å². The first kappa shape index (κ1) is 28.8. The maximum Gasteiger partial charge on any atom is 0.437 e. The van der Waals surface area contributed by atoms with Crippen LogP contribution in [0, 0.1) is 11.7 Å². The molecule has 0 radical (unpaired) electrons. The topological polar surface area (TPSA) is 100 Å². The molecule has 1 aliphatic rings. The molecule has 0 aliphatic carbocycles. The number of carbonyl (C=O) groups excluding carboxylic acids is 3. The van der Waals surface area contributed by atoms with Crippen molar-refractivity contribution in [1.29, 1.82) is 0 Å². The molecule has 204 valence electrons. The summed E-state index contributed by atoms with van der Waals surface area (Å²) in [4.78, 5) is 44.1. The van der Waals surface area contributed by atoms with Crippen LogP contribution in [0.4, 0.5) is 9.18 Å². The van der Waals surface area contributed by atoms with Gasteiger partial charge in [0.05, 0.1) is 19.0 Å². The number of hydrogen-bond donors (Lipinski definition) is 2. The Labute approximate surface area is 223 Å². The van der Waals surface area contributed by atoms with Gasteiger partial charge in [-0.25, -0.2) is 9.18 Å². The molecule has 0 spiro atoms. The molecule has 2 atom stereocenters. The summed E-state index contributed by atoms with van der Waals surface area (Å²) in [7, 11) is 0. The van der Waals surface area contributed by atoms with E-state index in [0.717, 1.165) is 11.6 Å². The van der Waals surface area contributed by atoms with Gasteiger partial charge in [-0.1, -0.05) is 44.2 Å². The van der Waals surface area contributed by atoms with Gasteiger partial charge >= 0.3 is 6.09 Å². The van der Waals surface area contributed by atoms with Gasteiger partial charge in [-0.05, 0) is 69.9 Å². The molecular formula is C29H37FN4O4. The van der Waals surface area contributed by atoms with Gasteiger partial charge in [0.2, 0.25) is 11.9 Å². The number of aliphatic imine (C=N–C) groups is 1. The summed E-state index contributed by atoms with van der Waals surface area (Å²) >= 11 is 0. The minimum Gasteiger partial charge on any atom is -0.442 e. The lowest BCUT2D eigenvalue weighted by Gasteiger charge is -2.43. The predicted octanol–water partition coefficient (Wildman–Crippen LogP) is 5.34. The smallest absolute Gasteiger partial charge is 0.437 e. The van der Waals surface area contributed by atoms with Gasteiger partial charge in [-0.3, -0.25) is 14.5 Å². The van der Waals surface area contributed by atoms with Crippen molar-refractivity contribution in [2.24, 2.45) is 10.9 Å². The van der Waals surface area contributed by atoms with Crippen LogP contribution in [0.1, 0.15) is 82.4 Å². The van der Waals surface area contributed by atoms with Crippen molar-refractivity contribution in [2.45, 2.75) is 78.6 Å². The Balaban J connectivity index is 1.88. The standard InChI is InChI=1S/C29H37FN4O4/c1-18(2)29(7)16-24(35)34(26(33-29)32-27(37)38-28(4,5)6)17-20-13-22(15-23(30)14-20)25(36)31-19(3)21-11-9-8-10-12-21/h8-15,18-19H,16-17H2,1-7H3,(H,31,36)(H,32,33,37)/t19-,29-/m0/s1. The molecule has 38 heavy (non-hydrogen) atoms. The lowest BCUT2D eigenvalue weighted by Crippen LogP contribution is -2.63. The van der Waals surface area contributed by atoms with Crippen LogP contribution in [0.2, 0.25) is 0 Å². The zero-order valence-corrected chi connectivity index (χ0v) is 23.1. The van der Waals surface area contributed by atoms with Gasteiger partial charge in [0.25, 0.3) is 5.91 Å². The number of benzene rings is 2. The van der Waals surface area contributed by atoms with Gasteiger partial charge in [-0.2, -0.15) is 0 Å². The maximum atomic E-state index is 14.6. The van der Waals surface area contributed by atoms with E-state index in [-0.39, 0.29) is 42.4 Å². The largest absolute Gasteiger partial charge is 0.442 e. The second-order valence-corrected chi connectivity index (χ2v) is 11.2. The second-order valence-electron chi connectivity index (χ2n) is 11.2. The first-order chi connectivity index (χ1) is 17.7. The average molecular weight is 525 g/mol. The molecule has 9 heteroatoms. The molecule has 0 unspecified atom stereocenters. The highest BCUT2D eigenvalue weighted by Gasteiger charge is 2.41. The highest BCUT2D eigenvalue weighted by Crippen LogP contribution is 2.27. The van der Waals surface area contributed by atoms with E-state index >= 15 is 0 Å². The molecule has 1 saturated heterocycles. The molecule has 1 aliphatic heterocycles. The SMILES string of the molecule is CC(C)[C@]1(C)CC(=O)N(Cc2cc(F)cc(C(=O)N[C@@H](C)c3ccccc3)c2)/C(=N/C(=O)OC(C)(C)C)N1. The number of nitrogens with zero attached hydrogens (tertiary/aromatic N) is 2. The maximum absolute atomic E-state index is 14.6. The number of carbonyl (C=O) groups is 3. The molecule has 2 N–H and O–H groups in total. The van der Waals surface area contributed by atoms with E-state index in [0.29, 0.717) is 5.56 Å². The molecule has 1 heterocycles. The van der Waals surface area contributed by atoms with E-state index < -0.39 is 29.0 Å². The molecular weight excluding hydrogens is 487 g/mol. The first-order valence-electron chi connectivity index (χ1n) is 12.7. The molecule has 0 aromatic heterocycles. The van der Waals surface area contributed by atoms with Gasteiger partial charge in [0.15, 0.2) is 0 Å². The predicted molar refractivity (Wildman–Crippen MR) is 144 cm³/mol. The number of halogens is 1. The van der Waals surface area contributed by atoms with Gasteiger partial charge in [-0.15, -0.1) is 4.99 Å². The zero-order valence-electron chi connectivity index (χ0n) is 23.1. The lowest BCUT2D eigenvalue weighted by atomic mass is 9.83. The van der Waals surface area contributed by atoms with Crippen LogP contribution in [-0.4, -0.2) is 39.9 Å². The third kappa shape index (κ3) is 7.40. The van der Waals surface area contributed by atoms with E-state index in [1.54, 1.807) is 20.8 Å². The Morgan fingerprint density at radius 3 is 2.42 bits per heavy atom. The van der Waals surface area contributed by atoms with Gasteiger partial charge in [0, 0.05) is 11.1 Å². The third-order valence-electron chi connectivity index (χ3n) is 6.55. The van der Waals surface area contributed by atoms with E-state index in [1.165, 1.54) is 17.0 Å². The van der Waals surface area contributed by atoms with Crippen molar-refractivity contribution >= 4 is 23.9 Å². The average Bonchev–Trinajstić information content (AvgIpc) is 2.80. The Hall–Kier alpha value is -3.75. The fraction of sp³-hybridized carbons (Fsp3) is 0.448. The number of amides is 3. The Morgan fingerprint density at radius 1 is 1.16 bits per heavy atom. The van der Waals surface area contributed by atoms with Crippen LogP contribution >= 0.6 is 0 Å².